The molecule has 2 aliphatic rings. The van der Waals surface area contributed by atoms with E-state index in [9.17, 15) is 4.79 Å². The highest BCUT2D eigenvalue weighted by Gasteiger charge is 2.39. The van der Waals surface area contributed by atoms with Crippen molar-refractivity contribution in [1.29, 1.82) is 0 Å². The summed E-state index contributed by atoms with van der Waals surface area (Å²) in [6.45, 7) is 1.59. The number of fused-ring (bicyclic) bond motifs is 1. The third-order valence-electron chi connectivity index (χ3n) is 3.91. The Morgan fingerprint density at radius 1 is 1.35 bits per heavy atom. The van der Waals surface area contributed by atoms with Gasteiger partial charge in [0, 0.05) is 19.1 Å². The van der Waals surface area contributed by atoms with Crippen molar-refractivity contribution < 1.29 is 4.79 Å². The van der Waals surface area contributed by atoms with Crippen LogP contribution in [0.5, 0.6) is 0 Å². The van der Waals surface area contributed by atoms with E-state index in [2.05, 4.69) is 20.6 Å². The Kier molecular flexibility index (Phi) is 2.54. The van der Waals surface area contributed by atoms with Gasteiger partial charge in [-0.1, -0.05) is 0 Å². The van der Waals surface area contributed by atoms with Gasteiger partial charge in [0.1, 0.15) is 0 Å². The molecule has 1 saturated heterocycles. The maximum atomic E-state index is 12.0. The summed E-state index contributed by atoms with van der Waals surface area (Å²) in [6, 6.07) is 0.302. The largest absolute Gasteiger partial charge is 0.335 e. The second-order valence-electron chi connectivity index (χ2n) is 5.04. The van der Waals surface area contributed by atoms with Crippen molar-refractivity contribution in [3.05, 3.63) is 5.82 Å². The number of aromatic nitrogens is 4. The average molecular weight is 236 g/mol. The second-order valence-corrected chi connectivity index (χ2v) is 5.04. The second kappa shape index (κ2) is 4.06. The highest BCUT2D eigenvalue weighted by molar-refractivity contribution is 5.90. The zero-order valence-electron chi connectivity index (χ0n) is 9.54. The number of tetrazole rings is 1. The molecule has 2 fully saturated rings. The Morgan fingerprint density at radius 3 is 2.94 bits per heavy atom. The van der Waals surface area contributed by atoms with Crippen molar-refractivity contribution in [3.63, 3.8) is 0 Å². The minimum Gasteiger partial charge on any atom is -0.335 e. The quantitative estimate of drug-likeness (QED) is 0.678. The lowest BCUT2D eigenvalue weighted by molar-refractivity contribution is 0.0772. The van der Waals surface area contributed by atoms with Gasteiger partial charge in [0.25, 0.3) is 11.7 Å². The zero-order chi connectivity index (χ0) is 11.8. The summed E-state index contributed by atoms with van der Waals surface area (Å²) in [4.78, 5) is 13.9. The van der Waals surface area contributed by atoms with Gasteiger partial charge < -0.3 is 10.6 Å². The van der Waals surface area contributed by atoms with E-state index >= 15 is 0 Å². The Hall–Kier alpha value is -1.50. The molecule has 1 saturated carbocycles. The molecule has 1 aliphatic heterocycles. The lowest BCUT2D eigenvalue weighted by Gasteiger charge is -2.27. The fourth-order valence-corrected chi connectivity index (χ4v) is 3.03. The van der Waals surface area contributed by atoms with Crippen molar-refractivity contribution in [1.82, 2.24) is 25.5 Å². The topological polar surface area (TPSA) is 101 Å². The van der Waals surface area contributed by atoms with Crippen molar-refractivity contribution in [2.24, 2.45) is 17.6 Å². The number of rotatable bonds is 1. The van der Waals surface area contributed by atoms with Crippen LogP contribution in [0, 0.1) is 11.8 Å². The van der Waals surface area contributed by atoms with Gasteiger partial charge in [0.15, 0.2) is 0 Å². The van der Waals surface area contributed by atoms with Crippen LogP contribution in [0.2, 0.25) is 0 Å². The van der Waals surface area contributed by atoms with Gasteiger partial charge in [-0.15, -0.1) is 10.2 Å². The molecule has 3 rings (SSSR count). The molecule has 1 aromatic heterocycles. The van der Waals surface area contributed by atoms with Crippen LogP contribution in [0.1, 0.15) is 29.9 Å². The Bertz CT molecular complexity index is 405. The Morgan fingerprint density at radius 2 is 2.18 bits per heavy atom. The minimum atomic E-state index is -0.123. The summed E-state index contributed by atoms with van der Waals surface area (Å²) in [5.74, 6) is 1.19. The van der Waals surface area contributed by atoms with Crippen LogP contribution in [0.25, 0.3) is 0 Å². The van der Waals surface area contributed by atoms with Crippen LogP contribution >= 0.6 is 0 Å². The summed E-state index contributed by atoms with van der Waals surface area (Å²) in [5, 5.41) is 13.2. The van der Waals surface area contributed by atoms with Crippen LogP contribution in [-0.2, 0) is 0 Å². The SMILES string of the molecule is NC1CC[C@@H]2CN(C(=O)c3nn[nH]n3)C[C@@H]2C1. The van der Waals surface area contributed by atoms with Gasteiger partial charge in [-0.25, -0.2) is 0 Å². The van der Waals surface area contributed by atoms with E-state index in [1.807, 2.05) is 4.90 Å². The fourth-order valence-electron chi connectivity index (χ4n) is 3.03. The highest BCUT2D eigenvalue weighted by atomic mass is 16.2. The van der Waals surface area contributed by atoms with Crippen molar-refractivity contribution in [3.8, 4) is 0 Å². The molecule has 1 aliphatic carbocycles. The number of carbonyl (C=O) groups is 1. The fraction of sp³-hybridized carbons (Fsp3) is 0.800. The van der Waals surface area contributed by atoms with Gasteiger partial charge in [-0.3, -0.25) is 4.79 Å². The van der Waals surface area contributed by atoms with Crippen LogP contribution < -0.4 is 5.73 Å². The molecule has 7 nitrogen and oxygen atoms in total. The van der Waals surface area contributed by atoms with Crippen molar-refractivity contribution in [2.75, 3.05) is 13.1 Å². The number of hydrogen-bond donors (Lipinski definition) is 2. The summed E-state index contributed by atoms with van der Waals surface area (Å²) in [7, 11) is 0. The molecule has 1 aromatic rings. The van der Waals surface area contributed by atoms with E-state index in [1.165, 1.54) is 0 Å². The van der Waals surface area contributed by atoms with Crippen LogP contribution in [0.3, 0.4) is 0 Å². The molecular formula is C10H16N6O. The number of carbonyl (C=O) groups excluding carboxylic acids is 1. The molecule has 0 aromatic carbocycles. The molecule has 3 N–H and O–H groups in total. The molecule has 0 spiro atoms. The number of hydrogen-bond acceptors (Lipinski definition) is 5. The van der Waals surface area contributed by atoms with Gasteiger partial charge in [-0.2, -0.15) is 5.21 Å². The van der Waals surface area contributed by atoms with Gasteiger partial charge in [-0.05, 0) is 36.3 Å². The number of amides is 1. The maximum absolute atomic E-state index is 12.0. The number of likely N-dealkylation sites (tertiary alicyclic amines) is 1. The van der Waals surface area contributed by atoms with Crippen molar-refractivity contribution >= 4 is 5.91 Å². The van der Waals surface area contributed by atoms with Crippen molar-refractivity contribution in [2.45, 2.75) is 25.3 Å². The first kappa shape index (κ1) is 10.6. The summed E-state index contributed by atoms with van der Waals surface area (Å²) < 4.78 is 0. The molecule has 0 bridgehead atoms. The van der Waals surface area contributed by atoms with Crippen LogP contribution in [0.4, 0.5) is 0 Å². The molecule has 1 unspecified atom stereocenters. The number of nitrogens with one attached hydrogen (secondary N) is 1. The first-order valence-electron chi connectivity index (χ1n) is 6.02. The van der Waals surface area contributed by atoms with Crippen LogP contribution in [-0.4, -0.2) is 50.6 Å². The van der Waals surface area contributed by atoms with E-state index in [-0.39, 0.29) is 11.7 Å². The average Bonchev–Trinajstić information content (AvgIpc) is 2.96. The highest BCUT2D eigenvalue weighted by Crippen LogP contribution is 2.35. The predicted octanol–water partition coefficient (Wildman–Crippen LogP) is -0.601. The molecule has 7 heteroatoms. The third kappa shape index (κ3) is 1.90. The Balaban J connectivity index is 1.69. The number of aromatic amines is 1. The summed E-state index contributed by atoms with van der Waals surface area (Å²) >= 11 is 0. The molecule has 17 heavy (non-hydrogen) atoms. The van der Waals surface area contributed by atoms with E-state index in [1.54, 1.807) is 0 Å². The monoisotopic (exact) mass is 236 g/mol. The zero-order valence-corrected chi connectivity index (χ0v) is 9.54. The van der Waals surface area contributed by atoms with Crippen LogP contribution in [0.15, 0.2) is 0 Å². The first-order valence-corrected chi connectivity index (χ1v) is 6.02. The van der Waals surface area contributed by atoms with Gasteiger partial charge >= 0.3 is 0 Å². The normalized spacial score (nSPS) is 32.5. The van der Waals surface area contributed by atoms with E-state index in [4.69, 9.17) is 5.73 Å². The minimum absolute atomic E-state index is 0.123. The molecule has 0 radical (unpaired) electrons. The first-order chi connectivity index (χ1) is 8.24. The number of nitrogens with zero attached hydrogens (tertiary/aromatic N) is 4. The summed E-state index contributed by atoms with van der Waals surface area (Å²) in [6.07, 6.45) is 3.23. The lowest BCUT2D eigenvalue weighted by Crippen LogP contribution is -2.32. The third-order valence-corrected chi connectivity index (χ3v) is 3.91. The van der Waals surface area contributed by atoms with E-state index in [0.717, 1.165) is 32.4 Å². The standard InChI is InChI=1S/C10H16N6O/c11-8-2-1-6-4-16(5-7(6)3-8)10(17)9-12-14-15-13-9/h6-8H,1-5,11H2,(H,12,13,14,15)/t6-,7+,8?/m1/s1. The summed E-state index contributed by atoms with van der Waals surface area (Å²) in [5.41, 5.74) is 5.96. The lowest BCUT2D eigenvalue weighted by atomic mass is 9.79. The molecule has 3 atom stereocenters. The predicted molar refractivity (Wildman–Crippen MR) is 58.9 cm³/mol. The maximum Gasteiger partial charge on any atom is 0.295 e. The van der Waals surface area contributed by atoms with E-state index in [0.29, 0.717) is 17.9 Å². The Labute approximate surface area is 98.7 Å². The van der Waals surface area contributed by atoms with Gasteiger partial charge in [0.05, 0.1) is 0 Å². The number of H-pyrrole nitrogens is 1. The van der Waals surface area contributed by atoms with Gasteiger partial charge in [0.2, 0.25) is 0 Å². The molecule has 2 heterocycles. The molecule has 92 valence electrons. The van der Waals surface area contributed by atoms with E-state index < -0.39 is 0 Å². The molecule has 1 amide bonds. The number of nitrogens with two attached hydrogens (primary N) is 1. The molecular weight excluding hydrogens is 220 g/mol. The smallest absolute Gasteiger partial charge is 0.295 e.